The Labute approximate surface area is 154 Å². The van der Waals surface area contributed by atoms with E-state index in [0.29, 0.717) is 33.3 Å². The fourth-order valence-electron chi connectivity index (χ4n) is 3.27. The number of carbonyl (C=O) groups is 1. The fourth-order valence-corrected chi connectivity index (χ4v) is 3.27. The molecule has 6 nitrogen and oxygen atoms in total. The molecule has 0 aliphatic heterocycles. The predicted molar refractivity (Wildman–Crippen MR) is 104 cm³/mol. The van der Waals surface area contributed by atoms with Crippen molar-refractivity contribution in [3.05, 3.63) is 69.7 Å². The first-order valence-electron chi connectivity index (χ1n) is 8.56. The van der Waals surface area contributed by atoms with E-state index in [1.165, 1.54) is 0 Å². The molecule has 0 saturated carbocycles. The Morgan fingerprint density at radius 2 is 1.96 bits per heavy atom. The summed E-state index contributed by atoms with van der Waals surface area (Å²) in [5.74, 6) is -0.235. The summed E-state index contributed by atoms with van der Waals surface area (Å²) in [6.45, 7) is 3.46. The quantitative estimate of drug-likeness (QED) is 0.483. The minimum Gasteiger partial charge on any atom is -0.508 e. The molecule has 1 amide bonds. The number of aromatic amines is 1. The number of hydrogen-bond donors (Lipinski definition) is 3. The Balaban J connectivity index is 1.65. The lowest BCUT2D eigenvalue weighted by molar-refractivity contribution is -0.115. The number of hydrogen-bond acceptors (Lipinski definition) is 4. The zero-order valence-corrected chi connectivity index (χ0v) is 14.9. The van der Waals surface area contributed by atoms with E-state index in [0.717, 1.165) is 10.9 Å². The van der Waals surface area contributed by atoms with Crippen molar-refractivity contribution in [1.82, 2.24) is 4.98 Å². The van der Waals surface area contributed by atoms with Crippen LogP contribution in [0.4, 0.5) is 5.69 Å². The van der Waals surface area contributed by atoms with Crippen LogP contribution in [0, 0.1) is 13.8 Å². The molecular weight excluding hydrogens is 344 g/mol. The first-order valence-corrected chi connectivity index (χ1v) is 8.56. The maximum Gasteiger partial charge on any atom is 0.340 e. The Kier molecular flexibility index (Phi) is 3.96. The van der Waals surface area contributed by atoms with Gasteiger partial charge in [0.05, 0.1) is 12.0 Å². The van der Waals surface area contributed by atoms with Gasteiger partial charge in [-0.2, -0.15) is 0 Å². The highest BCUT2D eigenvalue weighted by atomic mass is 16.4. The highest BCUT2D eigenvalue weighted by Crippen LogP contribution is 2.28. The maximum absolute atomic E-state index is 12.5. The number of benzene rings is 2. The van der Waals surface area contributed by atoms with Gasteiger partial charge in [-0.05, 0) is 55.1 Å². The van der Waals surface area contributed by atoms with Gasteiger partial charge >= 0.3 is 5.63 Å². The summed E-state index contributed by atoms with van der Waals surface area (Å²) in [5.41, 5.74) is 2.85. The molecule has 6 heteroatoms. The van der Waals surface area contributed by atoms with Crippen LogP contribution >= 0.6 is 0 Å². The molecule has 2 heterocycles. The molecule has 0 radical (unpaired) electrons. The van der Waals surface area contributed by atoms with Crippen molar-refractivity contribution in [2.45, 2.75) is 20.3 Å². The smallest absolute Gasteiger partial charge is 0.340 e. The normalized spacial score (nSPS) is 11.2. The van der Waals surface area contributed by atoms with Crippen LogP contribution in [0.3, 0.4) is 0 Å². The first kappa shape index (κ1) is 16.9. The number of fused-ring (bicyclic) bond motifs is 2. The highest BCUT2D eigenvalue weighted by Gasteiger charge is 2.17. The Bertz CT molecular complexity index is 1250. The third-order valence-corrected chi connectivity index (χ3v) is 4.85. The maximum atomic E-state index is 12.5. The highest BCUT2D eigenvalue weighted by molar-refractivity contribution is 5.95. The number of H-pyrrole nitrogens is 1. The molecule has 4 aromatic rings. The second kappa shape index (κ2) is 6.32. The number of nitrogens with one attached hydrogen (secondary N) is 2. The summed E-state index contributed by atoms with van der Waals surface area (Å²) in [6, 6.07) is 10.8. The average molecular weight is 362 g/mol. The number of phenolic OH excluding ortho intramolecular Hbond substituents is 1. The summed E-state index contributed by atoms with van der Waals surface area (Å²) >= 11 is 0. The molecule has 0 spiro atoms. The number of amides is 1. The van der Waals surface area contributed by atoms with Crippen molar-refractivity contribution >= 4 is 33.5 Å². The van der Waals surface area contributed by atoms with Gasteiger partial charge < -0.3 is 19.8 Å². The molecule has 2 aromatic carbocycles. The molecule has 0 atom stereocenters. The van der Waals surface area contributed by atoms with E-state index >= 15 is 0 Å². The number of aromatic hydroxyl groups is 1. The minimum atomic E-state index is -0.566. The molecule has 4 rings (SSSR count). The van der Waals surface area contributed by atoms with E-state index in [1.807, 2.05) is 30.5 Å². The number of aryl methyl sites for hydroxylation is 2. The number of phenols is 1. The number of rotatable bonds is 3. The Morgan fingerprint density at radius 3 is 2.78 bits per heavy atom. The van der Waals surface area contributed by atoms with Gasteiger partial charge in [-0.1, -0.05) is 6.07 Å². The van der Waals surface area contributed by atoms with Gasteiger partial charge in [0.25, 0.3) is 0 Å². The second-order valence-electron chi connectivity index (χ2n) is 6.58. The Hall–Kier alpha value is -3.54. The monoisotopic (exact) mass is 362 g/mol. The van der Waals surface area contributed by atoms with Gasteiger partial charge in [-0.3, -0.25) is 4.79 Å². The van der Waals surface area contributed by atoms with Crippen molar-refractivity contribution in [2.24, 2.45) is 0 Å². The van der Waals surface area contributed by atoms with Gasteiger partial charge in [0, 0.05) is 28.4 Å². The summed E-state index contributed by atoms with van der Waals surface area (Å²) in [7, 11) is 0. The van der Waals surface area contributed by atoms with Crippen molar-refractivity contribution in [3.8, 4) is 5.75 Å². The number of aromatic nitrogens is 1. The van der Waals surface area contributed by atoms with Gasteiger partial charge in [0.15, 0.2) is 0 Å². The summed E-state index contributed by atoms with van der Waals surface area (Å²) in [6.07, 6.45) is 1.74. The molecule has 0 unspecified atom stereocenters. The van der Waals surface area contributed by atoms with Crippen LogP contribution in [-0.4, -0.2) is 16.0 Å². The lowest BCUT2D eigenvalue weighted by Gasteiger charge is -2.10. The van der Waals surface area contributed by atoms with E-state index in [-0.39, 0.29) is 18.1 Å². The van der Waals surface area contributed by atoms with Crippen LogP contribution in [0.5, 0.6) is 5.75 Å². The Morgan fingerprint density at radius 1 is 1.15 bits per heavy atom. The lowest BCUT2D eigenvalue weighted by Crippen LogP contribution is -2.20. The molecule has 0 fully saturated rings. The van der Waals surface area contributed by atoms with Crippen LogP contribution < -0.4 is 10.9 Å². The van der Waals surface area contributed by atoms with E-state index in [1.54, 1.807) is 26.0 Å². The van der Waals surface area contributed by atoms with Crippen LogP contribution in [0.25, 0.3) is 21.9 Å². The number of carbonyl (C=O) groups excluding carboxylic acids is 1. The van der Waals surface area contributed by atoms with Gasteiger partial charge in [0.1, 0.15) is 11.3 Å². The molecular formula is C21H18N2O4. The third-order valence-electron chi connectivity index (χ3n) is 4.85. The van der Waals surface area contributed by atoms with E-state index in [9.17, 15) is 14.7 Å². The molecule has 0 aliphatic carbocycles. The van der Waals surface area contributed by atoms with Gasteiger partial charge in [-0.15, -0.1) is 0 Å². The van der Waals surface area contributed by atoms with Gasteiger partial charge in [0.2, 0.25) is 5.91 Å². The molecule has 0 saturated heterocycles. The van der Waals surface area contributed by atoms with E-state index in [2.05, 4.69) is 10.3 Å². The average Bonchev–Trinajstić information content (AvgIpc) is 3.10. The fraction of sp³-hybridized carbons (Fsp3) is 0.143. The second-order valence-corrected chi connectivity index (χ2v) is 6.58. The molecule has 0 bridgehead atoms. The van der Waals surface area contributed by atoms with Gasteiger partial charge in [-0.25, -0.2) is 4.79 Å². The molecule has 0 aliphatic rings. The van der Waals surface area contributed by atoms with Crippen LogP contribution in [0.1, 0.15) is 16.7 Å². The molecule has 27 heavy (non-hydrogen) atoms. The zero-order chi connectivity index (χ0) is 19.1. The van der Waals surface area contributed by atoms with Crippen molar-refractivity contribution in [3.63, 3.8) is 0 Å². The van der Waals surface area contributed by atoms with E-state index < -0.39 is 5.63 Å². The van der Waals surface area contributed by atoms with Crippen molar-refractivity contribution < 1.29 is 14.3 Å². The first-order chi connectivity index (χ1) is 12.9. The number of anilines is 1. The van der Waals surface area contributed by atoms with Crippen LogP contribution in [-0.2, 0) is 11.2 Å². The molecule has 2 aromatic heterocycles. The summed E-state index contributed by atoms with van der Waals surface area (Å²) < 4.78 is 5.38. The van der Waals surface area contributed by atoms with E-state index in [4.69, 9.17) is 4.42 Å². The molecule has 136 valence electrons. The summed E-state index contributed by atoms with van der Waals surface area (Å²) in [4.78, 5) is 28.0. The minimum absolute atomic E-state index is 0.0650. The zero-order valence-electron chi connectivity index (χ0n) is 14.9. The SMILES string of the molecule is Cc1c(CC(=O)Nc2ccc3cc[nH]c3c2)c(=O)oc2c(C)c(O)ccc12. The predicted octanol–water partition coefficient (Wildman–Crippen LogP) is 3.78. The summed E-state index contributed by atoms with van der Waals surface area (Å²) in [5, 5.41) is 14.4. The molecule has 3 N–H and O–H groups in total. The lowest BCUT2D eigenvalue weighted by atomic mass is 10.0. The largest absolute Gasteiger partial charge is 0.508 e. The van der Waals surface area contributed by atoms with Crippen molar-refractivity contribution in [2.75, 3.05) is 5.32 Å². The standard InChI is InChI=1S/C21H18N2O4/c1-11-15-5-6-18(24)12(2)20(15)27-21(26)16(11)10-19(25)23-14-4-3-13-7-8-22-17(13)9-14/h3-9,22,24H,10H2,1-2H3,(H,23,25). The third kappa shape index (κ3) is 2.95. The van der Waals surface area contributed by atoms with Crippen molar-refractivity contribution in [1.29, 1.82) is 0 Å². The topological polar surface area (TPSA) is 95.3 Å². The van der Waals surface area contributed by atoms with Crippen LogP contribution in [0.15, 0.2) is 51.8 Å². The van der Waals surface area contributed by atoms with Crippen LogP contribution in [0.2, 0.25) is 0 Å².